The lowest BCUT2D eigenvalue weighted by Crippen LogP contribution is -2.36. The summed E-state index contributed by atoms with van der Waals surface area (Å²) in [6.45, 7) is 9.99. The van der Waals surface area contributed by atoms with E-state index in [1.54, 1.807) is 0 Å². The summed E-state index contributed by atoms with van der Waals surface area (Å²) in [5.74, 6) is 1.93. The fourth-order valence-corrected chi connectivity index (χ4v) is 3.28. The number of hydrogen-bond donors (Lipinski definition) is 0. The Hall–Kier alpha value is -2.15. The van der Waals surface area contributed by atoms with Gasteiger partial charge in [-0.1, -0.05) is 19.0 Å². The number of rotatable bonds is 4. The summed E-state index contributed by atoms with van der Waals surface area (Å²) in [6.07, 6.45) is 4.74. The molecular weight excluding hydrogens is 318 g/mol. The van der Waals surface area contributed by atoms with Crippen LogP contribution in [-0.4, -0.2) is 56.6 Å². The number of aryl methyl sites for hydroxylation is 2. The molecule has 2 aromatic rings. The Morgan fingerprint density at radius 1 is 1.28 bits per heavy atom. The van der Waals surface area contributed by atoms with E-state index in [-0.39, 0.29) is 11.8 Å². The maximum absolute atomic E-state index is 13.0. The van der Waals surface area contributed by atoms with E-state index in [4.69, 9.17) is 4.52 Å². The minimum atomic E-state index is 0.0429. The van der Waals surface area contributed by atoms with Gasteiger partial charge in [-0.05, 0) is 13.3 Å². The summed E-state index contributed by atoms with van der Waals surface area (Å²) in [5, 5.41) is 4.01. The number of carbonyl (C=O) groups excluding carboxylic acids is 1. The Morgan fingerprint density at radius 3 is 2.76 bits per heavy atom. The average molecular weight is 345 g/mol. The van der Waals surface area contributed by atoms with Crippen LogP contribution >= 0.6 is 0 Å². The molecule has 1 aliphatic heterocycles. The van der Waals surface area contributed by atoms with E-state index >= 15 is 0 Å². The highest BCUT2D eigenvalue weighted by Gasteiger charge is 2.28. The van der Waals surface area contributed by atoms with E-state index in [0.29, 0.717) is 23.6 Å². The lowest BCUT2D eigenvalue weighted by Gasteiger charge is -2.22. The van der Waals surface area contributed by atoms with Crippen molar-refractivity contribution >= 4 is 5.91 Å². The van der Waals surface area contributed by atoms with E-state index in [0.717, 1.165) is 38.4 Å². The van der Waals surface area contributed by atoms with Gasteiger partial charge in [-0.3, -0.25) is 9.69 Å². The highest BCUT2D eigenvalue weighted by molar-refractivity contribution is 5.96. The third-order valence-electron chi connectivity index (χ3n) is 4.79. The maximum atomic E-state index is 13.0. The quantitative estimate of drug-likeness (QED) is 0.850. The Bertz CT molecular complexity index is 734. The third-order valence-corrected chi connectivity index (χ3v) is 4.79. The van der Waals surface area contributed by atoms with Gasteiger partial charge in [0.25, 0.3) is 5.91 Å². The van der Waals surface area contributed by atoms with E-state index in [9.17, 15) is 4.79 Å². The highest BCUT2D eigenvalue weighted by Crippen LogP contribution is 2.24. The van der Waals surface area contributed by atoms with Gasteiger partial charge in [0.2, 0.25) is 0 Å². The molecule has 3 rings (SSSR count). The summed E-state index contributed by atoms with van der Waals surface area (Å²) in [6, 6.07) is 0. The van der Waals surface area contributed by atoms with Gasteiger partial charge < -0.3 is 14.0 Å². The molecule has 1 amide bonds. The molecule has 0 atom stereocenters. The second-order valence-corrected chi connectivity index (χ2v) is 7.04. The highest BCUT2D eigenvalue weighted by atomic mass is 16.5. The third kappa shape index (κ3) is 3.76. The first-order chi connectivity index (χ1) is 12.0. The van der Waals surface area contributed by atoms with Crippen molar-refractivity contribution in [3.63, 3.8) is 0 Å². The molecule has 0 radical (unpaired) electrons. The van der Waals surface area contributed by atoms with Crippen LogP contribution in [0.2, 0.25) is 0 Å². The smallest absolute Gasteiger partial charge is 0.259 e. The SMILES string of the molecule is Cc1noc(C(C)C)c1C(=O)N1CCCN(Cc2nccn2C)CC1. The van der Waals surface area contributed by atoms with Gasteiger partial charge in [0, 0.05) is 51.5 Å². The number of amides is 1. The molecule has 0 aliphatic carbocycles. The van der Waals surface area contributed by atoms with Crippen LogP contribution in [0.15, 0.2) is 16.9 Å². The zero-order valence-corrected chi connectivity index (χ0v) is 15.5. The molecule has 1 fully saturated rings. The van der Waals surface area contributed by atoms with Crippen LogP contribution in [0.5, 0.6) is 0 Å². The van der Waals surface area contributed by atoms with Crippen LogP contribution in [0, 0.1) is 6.92 Å². The molecule has 0 unspecified atom stereocenters. The fourth-order valence-electron chi connectivity index (χ4n) is 3.28. The standard InChI is InChI=1S/C18H27N5O2/c1-13(2)17-16(14(3)20-25-17)18(24)23-8-5-7-22(10-11-23)12-15-19-6-9-21(15)4/h6,9,13H,5,7-8,10-12H2,1-4H3. The second kappa shape index (κ2) is 7.39. The molecule has 0 bridgehead atoms. The molecule has 1 aliphatic rings. The van der Waals surface area contributed by atoms with Crippen molar-refractivity contribution in [2.75, 3.05) is 26.2 Å². The number of imidazole rings is 1. The predicted molar refractivity (Wildman–Crippen MR) is 94.3 cm³/mol. The van der Waals surface area contributed by atoms with Crippen molar-refractivity contribution in [2.45, 2.75) is 39.7 Å². The molecular formula is C18H27N5O2. The van der Waals surface area contributed by atoms with Gasteiger partial charge in [-0.2, -0.15) is 0 Å². The normalized spacial score (nSPS) is 16.4. The first-order valence-electron chi connectivity index (χ1n) is 8.91. The topological polar surface area (TPSA) is 67.4 Å². The lowest BCUT2D eigenvalue weighted by molar-refractivity contribution is 0.0757. The summed E-state index contributed by atoms with van der Waals surface area (Å²) in [7, 11) is 2.01. The molecule has 7 heteroatoms. The molecule has 136 valence electrons. The lowest BCUT2D eigenvalue weighted by atomic mass is 10.0. The number of carbonyl (C=O) groups is 1. The first kappa shape index (κ1) is 17.7. The van der Waals surface area contributed by atoms with Gasteiger partial charge >= 0.3 is 0 Å². The minimum Gasteiger partial charge on any atom is -0.360 e. The van der Waals surface area contributed by atoms with Crippen LogP contribution in [0.25, 0.3) is 0 Å². The fraction of sp³-hybridized carbons (Fsp3) is 0.611. The summed E-state index contributed by atoms with van der Waals surface area (Å²) >= 11 is 0. The monoisotopic (exact) mass is 345 g/mol. The zero-order chi connectivity index (χ0) is 18.0. The molecule has 25 heavy (non-hydrogen) atoms. The van der Waals surface area contributed by atoms with Crippen LogP contribution in [0.3, 0.4) is 0 Å². The van der Waals surface area contributed by atoms with Crippen molar-refractivity contribution < 1.29 is 9.32 Å². The summed E-state index contributed by atoms with van der Waals surface area (Å²) in [5.41, 5.74) is 1.33. The van der Waals surface area contributed by atoms with Crippen LogP contribution in [-0.2, 0) is 13.6 Å². The van der Waals surface area contributed by atoms with Crippen molar-refractivity contribution in [3.8, 4) is 0 Å². The molecule has 0 spiro atoms. The number of aromatic nitrogens is 3. The Morgan fingerprint density at radius 2 is 2.08 bits per heavy atom. The molecule has 0 aromatic carbocycles. The summed E-state index contributed by atoms with van der Waals surface area (Å²) in [4.78, 5) is 21.7. The predicted octanol–water partition coefficient (Wildman–Crippen LogP) is 2.19. The molecule has 7 nitrogen and oxygen atoms in total. The average Bonchev–Trinajstić information content (AvgIpc) is 3.06. The van der Waals surface area contributed by atoms with Gasteiger partial charge in [-0.15, -0.1) is 0 Å². The van der Waals surface area contributed by atoms with E-state index < -0.39 is 0 Å². The van der Waals surface area contributed by atoms with Crippen molar-refractivity contribution in [1.82, 2.24) is 24.5 Å². The Kier molecular flexibility index (Phi) is 5.22. The number of nitrogens with zero attached hydrogens (tertiary/aromatic N) is 5. The van der Waals surface area contributed by atoms with E-state index in [1.165, 1.54) is 0 Å². The van der Waals surface area contributed by atoms with Gasteiger partial charge in [0.1, 0.15) is 11.4 Å². The number of hydrogen-bond acceptors (Lipinski definition) is 5. The molecule has 0 N–H and O–H groups in total. The Labute approximate surface area is 148 Å². The van der Waals surface area contributed by atoms with Crippen molar-refractivity contribution in [1.29, 1.82) is 0 Å². The molecule has 3 heterocycles. The van der Waals surface area contributed by atoms with E-state index in [2.05, 4.69) is 15.0 Å². The first-order valence-corrected chi connectivity index (χ1v) is 8.91. The van der Waals surface area contributed by atoms with Crippen LogP contribution in [0.4, 0.5) is 0 Å². The van der Waals surface area contributed by atoms with Crippen LogP contribution in [0.1, 0.15) is 53.8 Å². The minimum absolute atomic E-state index is 0.0429. The largest absolute Gasteiger partial charge is 0.360 e. The maximum Gasteiger partial charge on any atom is 0.259 e. The van der Waals surface area contributed by atoms with Crippen LogP contribution < -0.4 is 0 Å². The second-order valence-electron chi connectivity index (χ2n) is 7.04. The zero-order valence-electron chi connectivity index (χ0n) is 15.5. The van der Waals surface area contributed by atoms with Gasteiger partial charge in [0.15, 0.2) is 5.76 Å². The van der Waals surface area contributed by atoms with Crippen molar-refractivity contribution in [3.05, 3.63) is 35.2 Å². The Balaban J connectivity index is 1.68. The van der Waals surface area contributed by atoms with Crippen molar-refractivity contribution in [2.24, 2.45) is 7.05 Å². The summed E-state index contributed by atoms with van der Waals surface area (Å²) < 4.78 is 7.43. The molecule has 1 saturated heterocycles. The van der Waals surface area contributed by atoms with Gasteiger partial charge in [0.05, 0.1) is 12.2 Å². The van der Waals surface area contributed by atoms with E-state index in [1.807, 2.05) is 49.7 Å². The molecule has 0 saturated carbocycles. The molecule has 2 aromatic heterocycles. The van der Waals surface area contributed by atoms with Gasteiger partial charge in [-0.25, -0.2) is 4.98 Å².